The third kappa shape index (κ3) is 1.98. The smallest absolute Gasteiger partial charge is 0.311 e. The lowest BCUT2D eigenvalue weighted by Gasteiger charge is -2.39. The molecule has 1 heterocycles. The second-order valence-electron chi connectivity index (χ2n) is 4.96. The predicted octanol–water partition coefficient (Wildman–Crippen LogP) is 1.26. The first-order chi connectivity index (χ1) is 7.10. The molecule has 2 aliphatic rings. The fraction of sp³-hybridized carbons (Fsp3) is 0.818. The average Bonchev–Trinajstić information content (AvgIpc) is 2.89. The van der Waals surface area contributed by atoms with Crippen LogP contribution in [0.1, 0.15) is 26.2 Å². The van der Waals surface area contributed by atoms with E-state index in [2.05, 4.69) is 6.07 Å². The quantitative estimate of drug-likeness (QED) is 0.654. The van der Waals surface area contributed by atoms with Gasteiger partial charge in [-0.3, -0.25) is 4.79 Å². The van der Waals surface area contributed by atoms with Crippen LogP contribution in [0.5, 0.6) is 0 Å². The van der Waals surface area contributed by atoms with E-state index < -0.39 is 0 Å². The Morgan fingerprint density at radius 3 is 2.60 bits per heavy atom. The molecule has 0 radical (unpaired) electrons. The van der Waals surface area contributed by atoms with E-state index in [1.165, 1.54) is 0 Å². The normalized spacial score (nSPS) is 24.8. The first kappa shape index (κ1) is 10.4. The molecule has 0 aromatic rings. The van der Waals surface area contributed by atoms with E-state index in [1.54, 1.807) is 0 Å². The Morgan fingerprint density at radius 2 is 2.20 bits per heavy atom. The van der Waals surface area contributed by atoms with Gasteiger partial charge in [0.2, 0.25) is 0 Å². The zero-order valence-electron chi connectivity index (χ0n) is 8.91. The SMILES string of the molecule is CC1(C(=O)OCC2(CC#N)COC2)CC1. The molecule has 0 unspecified atom stereocenters. The highest BCUT2D eigenvalue weighted by Crippen LogP contribution is 2.46. The fourth-order valence-electron chi connectivity index (χ4n) is 1.58. The van der Waals surface area contributed by atoms with Gasteiger partial charge >= 0.3 is 5.97 Å². The maximum atomic E-state index is 11.6. The number of carbonyl (C=O) groups excluding carboxylic acids is 1. The molecule has 15 heavy (non-hydrogen) atoms. The van der Waals surface area contributed by atoms with E-state index in [4.69, 9.17) is 14.7 Å². The van der Waals surface area contributed by atoms with Crippen LogP contribution in [-0.4, -0.2) is 25.8 Å². The van der Waals surface area contributed by atoms with Crippen LogP contribution in [0.3, 0.4) is 0 Å². The highest BCUT2D eigenvalue weighted by Gasteiger charge is 2.48. The first-order valence-corrected chi connectivity index (χ1v) is 5.22. The number of hydrogen-bond acceptors (Lipinski definition) is 4. The fourth-order valence-corrected chi connectivity index (χ4v) is 1.58. The van der Waals surface area contributed by atoms with E-state index in [-0.39, 0.29) is 16.8 Å². The summed E-state index contributed by atoms with van der Waals surface area (Å²) in [6, 6.07) is 2.12. The number of esters is 1. The molecule has 1 saturated heterocycles. The maximum Gasteiger partial charge on any atom is 0.311 e. The summed E-state index contributed by atoms with van der Waals surface area (Å²) in [6.07, 6.45) is 2.25. The number of nitriles is 1. The van der Waals surface area contributed by atoms with Crippen LogP contribution in [0, 0.1) is 22.2 Å². The molecule has 2 rings (SSSR count). The van der Waals surface area contributed by atoms with Crippen molar-refractivity contribution >= 4 is 5.97 Å². The second kappa shape index (κ2) is 3.49. The summed E-state index contributed by atoms with van der Waals surface area (Å²) in [6.45, 7) is 3.31. The number of carbonyl (C=O) groups is 1. The third-order valence-corrected chi connectivity index (χ3v) is 3.27. The van der Waals surface area contributed by atoms with E-state index in [9.17, 15) is 4.79 Å². The van der Waals surface area contributed by atoms with Crippen molar-refractivity contribution in [2.45, 2.75) is 26.2 Å². The van der Waals surface area contributed by atoms with Gasteiger partial charge in [-0.1, -0.05) is 0 Å². The van der Waals surface area contributed by atoms with Gasteiger partial charge < -0.3 is 9.47 Å². The summed E-state index contributed by atoms with van der Waals surface area (Å²) in [5, 5.41) is 8.66. The lowest BCUT2D eigenvalue weighted by molar-refractivity contribution is -0.172. The van der Waals surface area contributed by atoms with Crippen LogP contribution >= 0.6 is 0 Å². The van der Waals surface area contributed by atoms with Crippen molar-refractivity contribution in [2.75, 3.05) is 19.8 Å². The van der Waals surface area contributed by atoms with Crippen molar-refractivity contribution < 1.29 is 14.3 Å². The minimum Gasteiger partial charge on any atom is -0.464 e. The Kier molecular flexibility index (Phi) is 2.43. The Bertz CT molecular complexity index is 310. The topological polar surface area (TPSA) is 59.3 Å². The standard InChI is InChI=1S/C11H15NO3/c1-10(2-3-10)9(13)15-8-11(4-5-12)6-14-7-11/h2-4,6-8H2,1H3. The summed E-state index contributed by atoms with van der Waals surface area (Å²) in [5.74, 6) is -0.119. The highest BCUT2D eigenvalue weighted by atomic mass is 16.5. The van der Waals surface area contributed by atoms with Crippen LogP contribution in [0.4, 0.5) is 0 Å². The molecule has 4 nitrogen and oxygen atoms in total. The molecule has 0 atom stereocenters. The molecule has 0 aromatic carbocycles. The third-order valence-electron chi connectivity index (χ3n) is 3.27. The van der Waals surface area contributed by atoms with Gasteiger partial charge in [0.25, 0.3) is 0 Å². The monoisotopic (exact) mass is 209 g/mol. The molecule has 0 aromatic heterocycles. The summed E-state index contributed by atoms with van der Waals surface area (Å²) in [4.78, 5) is 11.6. The van der Waals surface area contributed by atoms with Crippen molar-refractivity contribution in [2.24, 2.45) is 10.8 Å². The van der Waals surface area contributed by atoms with Crippen molar-refractivity contribution in [1.29, 1.82) is 5.26 Å². The maximum absolute atomic E-state index is 11.6. The van der Waals surface area contributed by atoms with Gasteiger partial charge in [-0.15, -0.1) is 0 Å². The van der Waals surface area contributed by atoms with Gasteiger partial charge in [-0.2, -0.15) is 5.26 Å². The van der Waals surface area contributed by atoms with Gasteiger partial charge in [0.15, 0.2) is 0 Å². The number of ether oxygens (including phenoxy) is 2. The average molecular weight is 209 g/mol. The van der Waals surface area contributed by atoms with Crippen LogP contribution in [0.2, 0.25) is 0 Å². The summed E-state index contributed by atoms with van der Waals surface area (Å²) < 4.78 is 10.3. The zero-order valence-corrected chi connectivity index (χ0v) is 8.91. The molecule has 0 bridgehead atoms. The van der Waals surface area contributed by atoms with E-state index in [0.717, 1.165) is 12.8 Å². The predicted molar refractivity (Wildman–Crippen MR) is 51.8 cm³/mol. The van der Waals surface area contributed by atoms with Crippen molar-refractivity contribution in [3.63, 3.8) is 0 Å². The largest absolute Gasteiger partial charge is 0.464 e. The molecule has 1 aliphatic carbocycles. The molecule has 1 aliphatic heterocycles. The minimum absolute atomic E-state index is 0.119. The molecule has 0 N–H and O–H groups in total. The number of rotatable bonds is 4. The Hall–Kier alpha value is -1.08. The molecular weight excluding hydrogens is 194 g/mol. The lowest BCUT2D eigenvalue weighted by atomic mass is 9.84. The van der Waals surface area contributed by atoms with Gasteiger partial charge in [0, 0.05) is 6.42 Å². The van der Waals surface area contributed by atoms with Gasteiger partial charge in [0.1, 0.15) is 6.61 Å². The zero-order chi connectivity index (χ0) is 10.9. The Morgan fingerprint density at radius 1 is 1.53 bits per heavy atom. The Labute approximate surface area is 89.2 Å². The number of nitrogens with zero attached hydrogens (tertiary/aromatic N) is 1. The molecule has 4 heteroatoms. The lowest BCUT2D eigenvalue weighted by Crippen LogP contribution is -2.46. The molecule has 1 saturated carbocycles. The summed E-state index contributed by atoms with van der Waals surface area (Å²) in [7, 11) is 0. The summed E-state index contributed by atoms with van der Waals surface area (Å²) in [5.41, 5.74) is -0.464. The van der Waals surface area contributed by atoms with Crippen molar-refractivity contribution in [1.82, 2.24) is 0 Å². The minimum atomic E-state index is -0.238. The van der Waals surface area contributed by atoms with Gasteiger partial charge in [-0.25, -0.2) is 0 Å². The van der Waals surface area contributed by atoms with Crippen LogP contribution in [0.15, 0.2) is 0 Å². The van der Waals surface area contributed by atoms with Gasteiger partial charge in [-0.05, 0) is 19.8 Å². The molecule has 0 amide bonds. The molecular formula is C11H15NO3. The second-order valence-corrected chi connectivity index (χ2v) is 4.96. The first-order valence-electron chi connectivity index (χ1n) is 5.22. The van der Waals surface area contributed by atoms with Crippen molar-refractivity contribution in [3.8, 4) is 6.07 Å². The summed E-state index contributed by atoms with van der Waals surface area (Å²) >= 11 is 0. The van der Waals surface area contributed by atoms with Crippen LogP contribution < -0.4 is 0 Å². The molecule has 82 valence electrons. The van der Waals surface area contributed by atoms with E-state index >= 15 is 0 Å². The van der Waals surface area contributed by atoms with Crippen LogP contribution in [-0.2, 0) is 14.3 Å². The Balaban J connectivity index is 1.81. The highest BCUT2D eigenvalue weighted by molar-refractivity contribution is 5.79. The molecule has 0 spiro atoms. The molecule has 2 fully saturated rings. The van der Waals surface area contributed by atoms with E-state index in [1.807, 2.05) is 6.92 Å². The van der Waals surface area contributed by atoms with Crippen LogP contribution in [0.25, 0.3) is 0 Å². The number of hydrogen-bond donors (Lipinski definition) is 0. The van der Waals surface area contributed by atoms with Crippen molar-refractivity contribution in [3.05, 3.63) is 0 Å². The van der Waals surface area contributed by atoms with E-state index in [0.29, 0.717) is 26.2 Å². The van der Waals surface area contributed by atoms with Gasteiger partial charge in [0.05, 0.1) is 30.1 Å².